The number of carbonyl (C=O) groups excluding carboxylic acids is 1. The molecule has 0 radical (unpaired) electrons. The molecule has 4 nitrogen and oxygen atoms in total. The molecule has 0 spiro atoms. The summed E-state index contributed by atoms with van der Waals surface area (Å²) >= 11 is 5.95. The molecule has 1 heterocycles. The van der Waals surface area contributed by atoms with E-state index in [0.717, 1.165) is 30.0 Å². The van der Waals surface area contributed by atoms with Gasteiger partial charge in [0.05, 0.1) is 6.54 Å². The molecule has 132 valence electrons. The summed E-state index contributed by atoms with van der Waals surface area (Å²) in [6, 6.07) is 13.7. The fraction of sp³-hybridized carbons (Fsp3) is 0.350. The maximum atomic E-state index is 12.1. The van der Waals surface area contributed by atoms with Crippen LogP contribution in [0.5, 0.6) is 0 Å². The number of rotatable bonds is 5. The second kappa shape index (κ2) is 8.26. The van der Waals surface area contributed by atoms with E-state index in [1.165, 1.54) is 24.9 Å². The van der Waals surface area contributed by atoms with Gasteiger partial charge in [-0.1, -0.05) is 11.6 Å². The summed E-state index contributed by atoms with van der Waals surface area (Å²) in [5, 5.41) is 6.77. The molecule has 3 rings (SSSR count). The molecule has 2 aromatic carbocycles. The number of piperidine rings is 1. The largest absolute Gasteiger partial charge is 0.376 e. The van der Waals surface area contributed by atoms with Crippen LogP contribution in [0.2, 0.25) is 5.02 Å². The number of aryl methyl sites for hydroxylation is 1. The maximum absolute atomic E-state index is 12.1. The Labute approximate surface area is 154 Å². The Hall–Kier alpha value is -2.20. The monoisotopic (exact) mass is 357 g/mol. The highest BCUT2D eigenvalue weighted by Crippen LogP contribution is 2.22. The Balaban J connectivity index is 1.52. The average molecular weight is 358 g/mol. The van der Waals surface area contributed by atoms with Crippen LogP contribution in [-0.4, -0.2) is 25.5 Å². The van der Waals surface area contributed by atoms with Crippen LogP contribution in [0, 0.1) is 6.92 Å². The normalized spacial score (nSPS) is 14.2. The highest BCUT2D eigenvalue weighted by Gasteiger charge is 2.11. The zero-order chi connectivity index (χ0) is 17.6. The lowest BCUT2D eigenvalue weighted by molar-refractivity contribution is -0.114. The standard InChI is InChI=1S/C20H24ClN3O/c1-15-13-16(21)5-10-19(15)22-14-20(25)23-17-6-8-18(9-7-17)24-11-3-2-4-12-24/h5-10,13,22H,2-4,11-12,14H2,1H3,(H,23,25). The Morgan fingerprint density at radius 3 is 2.48 bits per heavy atom. The van der Waals surface area contributed by atoms with E-state index in [9.17, 15) is 4.79 Å². The van der Waals surface area contributed by atoms with Crippen LogP contribution in [-0.2, 0) is 4.79 Å². The zero-order valence-corrected chi connectivity index (χ0v) is 15.3. The van der Waals surface area contributed by atoms with Crippen molar-refractivity contribution in [2.45, 2.75) is 26.2 Å². The molecule has 25 heavy (non-hydrogen) atoms. The smallest absolute Gasteiger partial charge is 0.243 e. The van der Waals surface area contributed by atoms with Crippen LogP contribution < -0.4 is 15.5 Å². The van der Waals surface area contributed by atoms with Gasteiger partial charge in [0, 0.05) is 35.2 Å². The van der Waals surface area contributed by atoms with Gasteiger partial charge in [-0.3, -0.25) is 4.79 Å². The van der Waals surface area contributed by atoms with Crippen LogP contribution in [0.1, 0.15) is 24.8 Å². The molecule has 2 N–H and O–H groups in total. The fourth-order valence-electron chi connectivity index (χ4n) is 3.11. The van der Waals surface area contributed by atoms with E-state index in [-0.39, 0.29) is 12.5 Å². The molecular formula is C20H24ClN3O. The van der Waals surface area contributed by atoms with Crippen LogP contribution in [0.15, 0.2) is 42.5 Å². The number of amides is 1. The Bertz CT molecular complexity index is 724. The molecule has 1 amide bonds. The summed E-state index contributed by atoms with van der Waals surface area (Å²) in [5.74, 6) is -0.0694. The van der Waals surface area contributed by atoms with E-state index < -0.39 is 0 Å². The van der Waals surface area contributed by atoms with Crippen molar-refractivity contribution in [2.24, 2.45) is 0 Å². The van der Waals surface area contributed by atoms with Gasteiger partial charge in [-0.2, -0.15) is 0 Å². The lowest BCUT2D eigenvalue weighted by Crippen LogP contribution is -2.29. The average Bonchev–Trinajstić information content (AvgIpc) is 2.62. The van der Waals surface area contributed by atoms with E-state index in [2.05, 4.69) is 27.7 Å². The third-order valence-corrected chi connectivity index (χ3v) is 4.74. The quantitative estimate of drug-likeness (QED) is 0.815. The predicted octanol–water partition coefficient (Wildman–Crippen LogP) is 4.69. The van der Waals surface area contributed by atoms with Gasteiger partial charge in [-0.05, 0) is 74.2 Å². The number of anilines is 3. The van der Waals surface area contributed by atoms with E-state index in [0.29, 0.717) is 5.02 Å². The summed E-state index contributed by atoms with van der Waals surface area (Å²) in [6.45, 7) is 4.42. The number of hydrogen-bond donors (Lipinski definition) is 2. The van der Waals surface area contributed by atoms with E-state index in [1.54, 1.807) is 0 Å². The molecule has 1 fully saturated rings. The number of benzene rings is 2. The second-order valence-electron chi connectivity index (χ2n) is 6.46. The van der Waals surface area contributed by atoms with Gasteiger partial charge in [0.2, 0.25) is 5.91 Å². The maximum Gasteiger partial charge on any atom is 0.243 e. The third kappa shape index (κ3) is 4.89. The van der Waals surface area contributed by atoms with Crippen molar-refractivity contribution in [3.8, 4) is 0 Å². The first-order valence-electron chi connectivity index (χ1n) is 8.77. The van der Waals surface area contributed by atoms with Gasteiger partial charge in [-0.25, -0.2) is 0 Å². The minimum absolute atomic E-state index is 0.0694. The molecule has 0 atom stereocenters. The summed E-state index contributed by atoms with van der Waals surface area (Å²) in [5.41, 5.74) is 3.99. The van der Waals surface area contributed by atoms with E-state index in [4.69, 9.17) is 11.6 Å². The lowest BCUT2D eigenvalue weighted by Gasteiger charge is -2.28. The minimum Gasteiger partial charge on any atom is -0.376 e. The summed E-state index contributed by atoms with van der Waals surface area (Å²) in [7, 11) is 0. The third-order valence-electron chi connectivity index (χ3n) is 4.50. The van der Waals surface area contributed by atoms with E-state index in [1.807, 2.05) is 37.3 Å². The lowest BCUT2D eigenvalue weighted by atomic mass is 10.1. The van der Waals surface area contributed by atoms with Crippen molar-refractivity contribution in [1.82, 2.24) is 0 Å². The van der Waals surface area contributed by atoms with Gasteiger partial charge < -0.3 is 15.5 Å². The van der Waals surface area contributed by atoms with Crippen LogP contribution in [0.25, 0.3) is 0 Å². The SMILES string of the molecule is Cc1cc(Cl)ccc1NCC(=O)Nc1ccc(N2CCCCC2)cc1. The molecule has 5 heteroatoms. The van der Waals surface area contributed by atoms with Crippen molar-refractivity contribution < 1.29 is 4.79 Å². The number of hydrogen-bond acceptors (Lipinski definition) is 3. The molecule has 0 bridgehead atoms. The summed E-state index contributed by atoms with van der Waals surface area (Å²) in [4.78, 5) is 14.5. The first-order chi connectivity index (χ1) is 12.1. The van der Waals surface area contributed by atoms with Crippen molar-refractivity contribution in [3.63, 3.8) is 0 Å². The van der Waals surface area contributed by atoms with Crippen molar-refractivity contribution >= 4 is 34.6 Å². The molecule has 2 aromatic rings. The van der Waals surface area contributed by atoms with Crippen LogP contribution in [0.3, 0.4) is 0 Å². The predicted molar refractivity (Wildman–Crippen MR) is 106 cm³/mol. The number of carbonyl (C=O) groups is 1. The van der Waals surface area contributed by atoms with Crippen molar-refractivity contribution in [1.29, 1.82) is 0 Å². The van der Waals surface area contributed by atoms with Crippen molar-refractivity contribution in [3.05, 3.63) is 53.1 Å². The molecule has 1 saturated heterocycles. The summed E-state index contributed by atoms with van der Waals surface area (Å²) < 4.78 is 0. The van der Waals surface area contributed by atoms with Gasteiger partial charge in [0.1, 0.15) is 0 Å². The molecule has 0 saturated carbocycles. The number of nitrogens with zero attached hydrogens (tertiary/aromatic N) is 1. The molecule has 1 aliphatic heterocycles. The molecule has 0 unspecified atom stereocenters. The van der Waals surface area contributed by atoms with Crippen LogP contribution in [0.4, 0.5) is 17.1 Å². The fourth-order valence-corrected chi connectivity index (χ4v) is 3.34. The van der Waals surface area contributed by atoms with Gasteiger partial charge in [-0.15, -0.1) is 0 Å². The molecular weight excluding hydrogens is 334 g/mol. The van der Waals surface area contributed by atoms with Gasteiger partial charge in [0.15, 0.2) is 0 Å². The first kappa shape index (κ1) is 17.6. The highest BCUT2D eigenvalue weighted by atomic mass is 35.5. The molecule has 0 aliphatic carbocycles. The van der Waals surface area contributed by atoms with Gasteiger partial charge >= 0.3 is 0 Å². The van der Waals surface area contributed by atoms with Gasteiger partial charge in [0.25, 0.3) is 0 Å². The van der Waals surface area contributed by atoms with Crippen molar-refractivity contribution in [2.75, 3.05) is 35.2 Å². The van der Waals surface area contributed by atoms with Crippen LogP contribution >= 0.6 is 11.6 Å². The topological polar surface area (TPSA) is 44.4 Å². The summed E-state index contributed by atoms with van der Waals surface area (Å²) in [6.07, 6.45) is 3.84. The Morgan fingerprint density at radius 1 is 1.08 bits per heavy atom. The number of halogens is 1. The first-order valence-corrected chi connectivity index (χ1v) is 9.14. The minimum atomic E-state index is -0.0694. The number of nitrogens with one attached hydrogen (secondary N) is 2. The molecule has 1 aliphatic rings. The Morgan fingerprint density at radius 2 is 1.80 bits per heavy atom. The zero-order valence-electron chi connectivity index (χ0n) is 14.5. The second-order valence-corrected chi connectivity index (χ2v) is 6.89. The molecule has 0 aromatic heterocycles. The van der Waals surface area contributed by atoms with E-state index >= 15 is 0 Å². The highest BCUT2D eigenvalue weighted by molar-refractivity contribution is 6.30. The Kier molecular flexibility index (Phi) is 5.82.